The second-order valence-corrected chi connectivity index (χ2v) is 16.6. The minimum atomic E-state index is -0.166. The summed E-state index contributed by atoms with van der Waals surface area (Å²) in [6.07, 6.45) is 1.75. The van der Waals surface area contributed by atoms with Crippen molar-refractivity contribution < 1.29 is 19.1 Å². The van der Waals surface area contributed by atoms with E-state index in [4.69, 9.17) is 29.4 Å². The molecule has 0 bridgehead atoms. The van der Waals surface area contributed by atoms with Crippen LogP contribution in [0.2, 0.25) is 0 Å². The van der Waals surface area contributed by atoms with Crippen molar-refractivity contribution in [2.24, 2.45) is 5.92 Å². The third-order valence-electron chi connectivity index (χ3n) is 10.5. The van der Waals surface area contributed by atoms with Crippen molar-refractivity contribution in [3.05, 3.63) is 23.5 Å². The highest BCUT2D eigenvalue weighted by molar-refractivity contribution is 5.81. The molecule has 50 heavy (non-hydrogen) atoms. The Morgan fingerprint density at radius 1 is 0.660 bits per heavy atom. The molecule has 1 aliphatic carbocycles. The molecular weight excluding hydrogens is 636 g/mol. The highest BCUT2D eigenvalue weighted by Crippen LogP contribution is 2.34. The molecule has 2 N–H and O–H groups in total. The lowest BCUT2D eigenvalue weighted by Crippen LogP contribution is -2.66. The fourth-order valence-corrected chi connectivity index (χ4v) is 6.89. The number of ether oxygens (including phenoxy) is 2. The third kappa shape index (κ3) is 7.46. The number of nitrogens with one attached hydrogen (secondary N) is 2. The zero-order valence-corrected chi connectivity index (χ0v) is 30.7. The normalized spacial score (nSPS) is 25.9. The average molecular weight is 691 g/mol. The molecule has 0 aromatic carbocycles. The van der Waals surface area contributed by atoms with Crippen molar-refractivity contribution in [1.82, 2.24) is 29.7 Å². The van der Waals surface area contributed by atoms with Gasteiger partial charge in [0.15, 0.2) is 0 Å². The maximum Gasteiger partial charge on any atom is 0.227 e. The lowest BCUT2D eigenvalue weighted by atomic mass is 9.90. The maximum atomic E-state index is 12.6. The number of hydrogen-bond donors (Lipinski definition) is 2. The number of aromatic nitrogens is 4. The molecule has 14 heteroatoms. The standard InChI is InChI=1S/C36H54N10O4/c1-22(47)43-10-14-45(15-11-43)33-39-26(35(2,3)4)18-28(41-33)37-24-20-49-30(24)31-25(21-50-31)38-29-19-27(36(5,6)7)40-34(42-29)46-16-12-44(13-17-46)32(48)23-8-9-23/h18-19,23-25,30-31H,8-17,20-21H2,1-7H3,(H,37,39,41)(H,38,40,42). The number of rotatable bonds is 8. The minimum absolute atomic E-state index is 0.0236. The van der Waals surface area contributed by atoms with Gasteiger partial charge in [-0.3, -0.25) is 9.59 Å². The first-order chi connectivity index (χ1) is 23.7. The van der Waals surface area contributed by atoms with Crippen LogP contribution in [0.1, 0.15) is 72.7 Å². The Bertz CT molecular complexity index is 1570. The van der Waals surface area contributed by atoms with E-state index in [1.165, 1.54) is 0 Å². The maximum absolute atomic E-state index is 12.6. The van der Waals surface area contributed by atoms with Crippen LogP contribution in [0, 0.1) is 5.92 Å². The Labute approximate surface area is 295 Å². The van der Waals surface area contributed by atoms with Gasteiger partial charge in [0.05, 0.1) is 36.7 Å². The van der Waals surface area contributed by atoms with Gasteiger partial charge >= 0.3 is 0 Å². The Morgan fingerprint density at radius 3 is 1.42 bits per heavy atom. The summed E-state index contributed by atoms with van der Waals surface area (Å²) >= 11 is 0. The van der Waals surface area contributed by atoms with Gasteiger partial charge in [-0.25, -0.2) is 9.97 Å². The largest absolute Gasteiger partial charge is 0.371 e. The lowest BCUT2D eigenvalue weighted by molar-refractivity contribution is -0.196. The number of piperazine rings is 2. The number of amides is 2. The van der Waals surface area contributed by atoms with Crippen LogP contribution in [0.25, 0.3) is 0 Å². The van der Waals surface area contributed by atoms with E-state index in [1.807, 2.05) is 15.9 Å². The van der Waals surface area contributed by atoms with E-state index in [9.17, 15) is 9.59 Å². The van der Waals surface area contributed by atoms with E-state index >= 15 is 0 Å². The van der Waals surface area contributed by atoms with E-state index in [-0.39, 0.29) is 46.9 Å². The Hall–Kier alpha value is -3.78. The van der Waals surface area contributed by atoms with Gasteiger partial charge < -0.3 is 39.7 Å². The van der Waals surface area contributed by atoms with Gasteiger partial charge in [-0.2, -0.15) is 9.97 Å². The van der Waals surface area contributed by atoms with Crippen molar-refractivity contribution in [1.29, 1.82) is 0 Å². The zero-order chi connectivity index (χ0) is 35.4. The molecule has 0 radical (unpaired) electrons. The van der Waals surface area contributed by atoms with Gasteiger partial charge in [-0.05, 0) is 12.8 Å². The summed E-state index contributed by atoms with van der Waals surface area (Å²) in [7, 11) is 0. The van der Waals surface area contributed by atoms with Gasteiger partial charge in [0, 0.05) is 88.2 Å². The molecule has 272 valence electrons. The summed E-state index contributed by atoms with van der Waals surface area (Å²) in [5.74, 6) is 3.58. The summed E-state index contributed by atoms with van der Waals surface area (Å²) in [4.78, 5) is 52.6. The molecule has 0 spiro atoms. The zero-order valence-electron chi connectivity index (χ0n) is 30.7. The number of hydrogen-bond acceptors (Lipinski definition) is 12. The highest BCUT2D eigenvalue weighted by atomic mass is 16.6. The van der Waals surface area contributed by atoms with Gasteiger partial charge in [-0.1, -0.05) is 41.5 Å². The predicted octanol–water partition coefficient (Wildman–Crippen LogP) is 2.65. The Kier molecular flexibility index (Phi) is 9.29. The first-order valence-electron chi connectivity index (χ1n) is 18.3. The number of nitrogens with zero attached hydrogens (tertiary/aromatic N) is 8. The van der Waals surface area contributed by atoms with Crippen molar-refractivity contribution >= 4 is 35.3 Å². The molecule has 7 rings (SSSR count). The van der Waals surface area contributed by atoms with Crippen LogP contribution in [0.15, 0.2) is 12.1 Å². The SMILES string of the molecule is CC(=O)N1CCN(c2nc(NC3COC3C3OCC3Nc3cc(C(C)(C)C)nc(N4CCN(C(=O)C5CC5)CC4)n3)cc(C(C)(C)C)n2)CC1. The third-order valence-corrected chi connectivity index (χ3v) is 10.5. The van der Waals surface area contributed by atoms with E-state index in [2.05, 4.69) is 68.0 Å². The number of carbonyl (C=O) groups excluding carboxylic acids is 2. The van der Waals surface area contributed by atoms with E-state index in [0.717, 1.165) is 49.0 Å². The first kappa shape index (κ1) is 34.7. The van der Waals surface area contributed by atoms with E-state index in [0.29, 0.717) is 70.3 Å². The second-order valence-electron chi connectivity index (χ2n) is 16.6. The Morgan fingerprint density at radius 2 is 1.08 bits per heavy atom. The minimum Gasteiger partial charge on any atom is -0.371 e. The number of anilines is 4. The number of carbonyl (C=O) groups is 2. The molecule has 4 unspecified atom stereocenters. The fourth-order valence-electron chi connectivity index (χ4n) is 6.89. The smallest absolute Gasteiger partial charge is 0.227 e. The molecule has 1 saturated carbocycles. The van der Waals surface area contributed by atoms with Crippen LogP contribution in [-0.2, 0) is 29.9 Å². The van der Waals surface area contributed by atoms with Crippen LogP contribution in [0.3, 0.4) is 0 Å². The van der Waals surface area contributed by atoms with Gasteiger partial charge in [-0.15, -0.1) is 0 Å². The quantitative estimate of drug-likeness (QED) is 0.421. The van der Waals surface area contributed by atoms with E-state index < -0.39 is 0 Å². The highest BCUT2D eigenvalue weighted by Gasteiger charge is 2.48. The van der Waals surface area contributed by atoms with Crippen LogP contribution in [0.4, 0.5) is 23.5 Å². The van der Waals surface area contributed by atoms with Crippen LogP contribution in [-0.4, -0.2) is 131 Å². The molecule has 2 amide bonds. The second kappa shape index (κ2) is 13.4. The summed E-state index contributed by atoms with van der Waals surface area (Å²) in [6, 6.07) is 4.14. The van der Waals surface area contributed by atoms with Gasteiger partial charge in [0.25, 0.3) is 0 Å². The van der Waals surface area contributed by atoms with Crippen molar-refractivity contribution in [3.8, 4) is 0 Å². The molecule has 4 aliphatic heterocycles. The van der Waals surface area contributed by atoms with Crippen LogP contribution >= 0.6 is 0 Å². The molecule has 14 nitrogen and oxygen atoms in total. The van der Waals surface area contributed by atoms with Crippen molar-refractivity contribution in [2.45, 2.75) is 96.4 Å². The Balaban J connectivity index is 1.02. The molecule has 5 fully saturated rings. The van der Waals surface area contributed by atoms with Crippen molar-refractivity contribution in [2.75, 3.05) is 86.0 Å². The van der Waals surface area contributed by atoms with Crippen LogP contribution < -0.4 is 20.4 Å². The van der Waals surface area contributed by atoms with Gasteiger partial charge in [0.1, 0.15) is 23.8 Å². The lowest BCUT2D eigenvalue weighted by Gasteiger charge is -2.49. The van der Waals surface area contributed by atoms with Crippen LogP contribution in [0.5, 0.6) is 0 Å². The predicted molar refractivity (Wildman–Crippen MR) is 192 cm³/mol. The molecule has 4 atom stereocenters. The fraction of sp³-hybridized carbons (Fsp3) is 0.722. The monoisotopic (exact) mass is 690 g/mol. The molecule has 6 heterocycles. The van der Waals surface area contributed by atoms with E-state index in [1.54, 1.807) is 6.92 Å². The summed E-state index contributed by atoms with van der Waals surface area (Å²) in [5.41, 5.74) is 1.60. The summed E-state index contributed by atoms with van der Waals surface area (Å²) in [6.45, 7) is 21.3. The molecule has 5 aliphatic rings. The summed E-state index contributed by atoms with van der Waals surface area (Å²) < 4.78 is 12.2. The molecule has 4 saturated heterocycles. The van der Waals surface area contributed by atoms with Crippen molar-refractivity contribution in [3.63, 3.8) is 0 Å². The van der Waals surface area contributed by atoms with Gasteiger partial charge in [0.2, 0.25) is 23.7 Å². The molecule has 2 aromatic rings. The molecule has 2 aromatic heterocycles. The summed E-state index contributed by atoms with van der Waals surface area (Å²) in [5, 5.41) is 7.31. The first-order valence-corrected chi connectivity index (χ1v) is 18.3. The topological polar surface area (TPSA) is 141 Å². The molecular formula is C36H54N10O4. The average Bonchev–Trinajstić information content (AvgIpc) is 3.92.